The molecular formula is C53H38O4S2. The number of thiophene rings is 2. The molecule has 0 spiro atoms. The summed E-state index contributed by atoms with van der Waals surface area (Å²) in [4.78, 5) is 2.20. The third-order valence-corrected chi connectivity index (χ3v) is 14.1. The van der Waals surface area contributed by atoms with Crippen molar-refractivity contribution in [2.24, 2.45) is 0 Å². The van der Waals surface area contributed by atoms with Gasteiger partial charge < -0.3 is 19.7 Å². The van der Waals surface area contributed by atoms with Crippen LogP contribution >= 0.6 is 22.7 Å². The van der Waals surface area contributed by atoms with Crippen LogP contribution in [-0.4, -0.2) is 36.6 Å². The predicted molar refractivity (Wildman–Crippen MR) is 244 cm³/mol. The lowest BCUT2D eigenvalue weighted by atomic mass is 9.63. The van der Waals surface area contributed by atoms with Crippen LogP contribution in [0.25, 0.3) is 63.5 Å². The Morgan fingerprint density at radius 2 is 1.07 bits per heavy atom. The molecule has 0 aliphatic heterocycles. The number of aliphatic hydroxyl groups is 2. The zero-order valence-corrected chi connectivity index (χ0v) is 33.7. The van der Waals surface area contributed by atoms with Gasteiger partial charge in [0.25, 0.3) is 0 Å². The van der Waals surface area contributed by atoms with Gasteiger partial charge in [-0.05, 0) is 120 Å². The number of allylic oxidation sites excluding steroid dienone is 2. The summed E-state index contributed by atoms with van der Waals surface area (Å²) in [6.45, 7) is 0.239. The van der Waals surface area contributed by atoms with E-state index in [1.807, 2.05) is 0 Å². The second-order valence-corrected chi connectivity index (χ2v) is 17.3. The predicted octanol–water partition coefficient (Wildman–Crippen LogP) is 10.6. The van der Waals surface area contributed by atoms with Gasteiger partial charge in [-0.15, -0.1) is 22.7 Å². The fourth-order valence-electron chi connectivity index (χ4n) is 9.20. The van der Waals surface area contributed by atoms with Crippen molar-refractivity contribution in [2.45, 2.75) is 5.41 Å². The first-order valence-corrected chi connectivity index (χ1v) is 21.6. The summed E-state index contributed by atoms with van der Waals surface area (Å²) < 4.78 is 15.0. The van der Waals surface area contributed by atoms with Crippen molar-refractivity contribution in [1.82, 2.24) is 0 Å². The molecule has 0 saturated carbocycles. The summed E-state index contributed by atoms with van der Waals surface area (Å²) in [7, 11) is 0. The summed E-state index contributed by atoms with van der Waals surface area (Å²) in [5.41, 5.74) is 8.23. The maximum atomic E-state index is 9.87. The van der Waals surface area contributed by atoms with Gasteiger partial charge in [0.05, 0.1) is 18.6 Å². The highest BCUT2D eigenvalue weighted by Crippen LogP contribution is 2.53. The third kappa shape index (κ3) is 5.86. The molecule has 0 radical (unpaired) electrons. The zero-order chi connectivity index (χ0) is 39.5. The van der Waals surface area contributed by atoms with Gasteiger partial charge in [-0.25, -0.2) is 0 Å². The highest BCUT2D eigenvalue weighted by atomic mass is 32.1. The molecule has 59 heavy (non-hydrogen) atoms. The summed E-state index contributed by atoms with van der Waals surface area (Å²) >= 11 is 3.50. The molecule has 2 aliphatic carbocycles. The van der Waals surface area contributed by atoms with E-state index < -0.39 is 5.41 Å². The number of ether oxygens (including phenoxy) is 2. The van der Waals surface area contributed by atoms with Crippen LogP contribution in [0.3, 0.4) is 0 Å². The molecule has 9 aromatic rings. The van der Waals surface area contributed by atoms with E-state index in [1.165, 1.54) is 63.7 Å². The number of fused-ring (bicyclic) bond motifs is 8. The molecule has 0 bridgehead atoms. The highest BCUT2D eigenvalue weighted by Gasteiger charge is 2.42. The SMILES string of the molecule is OCCOc1ccc(C2(c3ccc(OCCO)c(-c4cc5ccccc5s4)c3)C=C3C=c4ccc5ccccc5c4=C3c3ccccc32)cc1-c1cc2ccccc2s1. The maximum absolute atomic E-state index is 9.87. The van der Waals surface area contributed by atoms with Crippen LogP contribution in [0.4, 0.5) is 0 Å². The first-order valence-electron chi connectivity index (χ1n) is 19.9. The van der Waals surface area contributed by atoms with Gasteiger partial charge in [0.2, 0.25) is 0 Å². The number of benzene rings is 7. The van der Waals surface area contributed by atoms with Crippen LogP contribution in [0, 0.1) is 0 Å². The van der Waals surface area contributed by atoms with Crippen molar-refractivity contribution < 1.29 is 19.7 Å². The second-order valence-electron chi connectivity index (χ2n) is 15.1. The van der Waals surface area contributed by atoms with Crippen molar-refractivity contribution in [3.05, 3.63) is 202 Å². The standard InChI is InChI=1S/C53H38O4S2/c54-23-25-56-45-21-19-38(30-42(45)49-28-34-10-2-7-15-47(34)58-49)53(39-20-22-46(57-26-24-55)43(31-39)50-29-35-11-3-8-16-48(35)59-50)32-37-27-36-18-17-33-9-1-4-12-40(33)51(36)52(37)41-13-5-6-14-44(41)53/h1-22,27-32,54-55H,23-26H2. The quantitative estimate of drug-likeness (QED) is 0.145. The van der Waals surface area contributed by atoms with E-state index in [9.17, 15) is 10.2 Å². The van der Waals surface area contributed by atoms with E-state index in [1.54, 1.807) is 22.7 Å². The Morgan fingerprint density at radius 3 is 1.68 bits per heavy atom. The molecule has 0 amide bonds. The first-order chi connectivity index (χ1) is 29.1. The summed E-state index contributed by atoms with van der Waals surface area (Å²) in [6.07, 6.45) is 4.84. The topological polar surface area (TPSA) is 58.9 Å². The zero-order valence-electron chi connectivity index (χ0n) is 32.0. The van der Waals surface area contributed by atoms with Crippen molar-refractivity contribution in [1.29, 1.82) is 0 Å². The van der Waals surface area contributed by atoms with E-state index >= 15 is 0 Å². The lowest BCUT2D eigenvalue weighted by molar-refractivity contribution is 0.202. The largest absolute Gasteiger partial charge is 0.491 e. The molecular weight excluding hydrogens is 765 g/mol. The molecule has 11 rings (SSSR count). The molecule has 0 saturated heterocycles. The van der Waals surface area contributed by atoms with Crippen LogP contribution in [0.2, 0.25) is 0 Å². The second kappa shape index (κ2) is 14.5. The Balaban J connectivity index is 1.23. The summed E-state index contributed by atoms with van der Waals surface area (Å²) in [6, 6.07) is 56.7. The van der Waals surface area contributed by atoms with Gasteiger partial charge in [0.15, 0.2) is 0 Å². The van der Waals surface area contributed by atoms with Crippen LogP contribution in [0.1, 0.15) is 22.3 Å². The van der Waals surface area contributed by atoms with E-state index in [0.29, 0.717) is 0 Å². The van der Waals surface area contributed by atoms with Gasteiger partial charge in [0.1, 0.15) is 24.7 Å². The Kier molecular flexibility index (Phi) is 8.82. The average Bonchev–Trinajstić information content (AvgIpc) is 4.03. The van der Waals surface area contributed by atoms with E-state index in [2.05, 4.69) is 170 Å². The molecule has 0 unspecified atom stereocenters. The molecule has 4 nitrogen and oxygen atoms in total. The average molecular weight is 803 g/mol. The van der Waals surface area contributed by atoms with Crippen LogP contribution in [-0.2, 0) is 5.41 Å². The van der Waals surface area contributed by atoms with Crippen molar-refractivity contribution in [2.75, 3.05) is 26.4 Å². The summed E-state index contributed by atoms with van der Waals surface area (Å²) in [5.74, 6) is 1.47. The van der Waals surface area contributed by atoms with Crippen LogP contribution in [0.15, 0.2) is 169 Å². The van der Waals surface area contributed by atoms with E-state index in [0.717, 1.165) is 43.5 Å². The lowest BCUT2D eigenvalue weighted by Crippen LogP contribution is -2.33. The minimum atomic E-state index is -0.758. The van der Waals surface area contributed by atoms with Crippen molar-refractivity contribution >= 4 is 65.3 Å². The first kappa shape index (κ1) is 35.8. The highest BCUT2D eigenvalue weighted by molar-refractivity contribution is 7.22. The maximum Gasteiger partial charge on any atom is 0.128 e. The van der Waals surface area contributed by atoms with Gasteiger partial charge in [0, 0.05) is 30.3 Å². The Labute approximate surface area is 349 Å². The van der Waals surface area contributed by atoms with Crippen molar-refractivity contribution in [3.8, 4) is 32.4 Å². The van der Waals surface area contributed by atoms with Crippen LogP contribution < -0.4 is 19.9 Å². The molecule has 2 N–H and O–H groups in total. The molecule has 2 heterocycles. The Hall–Kier alpha value is -6.28. The molecule has 7 aromatic carbocycles. The minimum absolute atomic E-state index is 0.0775. The minimum Gasteiger partial charge on any atom is -0.491 e. The number of hydrogen-bond acceptors (Lipinski definition) is 6. The fourth-order valence-corrected chi connectivity index (χ4v) is 11.4. The Morgan fingerprint density at radius 1 is 0.508 bits per heavy atom. The number of rotatable bonds is 10. The summed E-state index contributed by atoms with van der Waals surface area (Å²) in [5, 5.41) is 27.1. The molecule has 2 aromatic heterocycles. The number of hydrogen-bond donors (Lipinski definition) is 2. The molecule has 0 atom stereocenters. The van der Waals surface area contributed by atoms with Gasteiger partial charge in [-0.2, -0.15) is 0 Å². The van der Waals surface area contributed by atoms with Crippen LogP contribution in [0.5, 0.6) is 11.5 Å². The third-order valence-electron chi connectivity index (χ3n) is 11.8. The van der Waals surface area contributed by atoms with Crippen molar-refractivity contribution in [3.63, 3.8) is 0 Å². The van der Waals surface area contributed by atoms with E-state index in [4.69, 9.17) is 9.47 Å². The molecule has 0 fully saturated rings. The van der Waals surface area contributed by atoms with Gasteiger partial charge in [-0.3, -0.25) is 0 Å². The molecule has 286 valence electrons. The van der Waals surface area contributed by atoms with E-state index in [-0.39, 0.29) is 26.4 Å². The lowest BCUT2D eigenvalue weighted by Gasteiger charge is -2.39. The normalized spacial score (nSPS) is 13.9. The Bertz CT molecular complexity index is 3080. The van der Waals surface area contributed by atoms with Gasteiger partial charge in [-0.1, -0.05) is 115 Å². The monoisotopic (exact) mass is 802 g/mol. The molecule has 6 heteroatoms. The molecule has 2 aliphatic rings. The fraction of sp³-hybridized carbons (Fsp3) is 0.0943. The number of aliphatic hydroxyl groups excluding tert-OH is 2. The smallest absolute Gasteiger partial charge is 0.128 e. The van der Waals surface area contributed by atoms with Gasteiger partial charge >= 0.3 is 0 Å².